The summed E-state index contributed by atoms with van der Waals surface area (Å²) in [6.45, 7) is 1.46. The van der Waals surface area contributed by atoms with E-state index < -0.39 is 0 Å². The molecule has 0 saturated carbocycles. The van der Waals surface area contributed by atoms with Crippen LogP contribution in [0.4, 0.5) is 5.95 Å². The van der Waals surface area contributed by atoms with E-state index in [0.717, 1.165) is 29.9 Å². The molecule has 0 spiro atoms. The maximum Gasteiger partial charge on any atom is 0.219 e. The van der Waals surface area contributed by atoms with E-state index in [1.54, 1.807) is 12.4 Å². The van der Waals surface area contributed by atoms with Crippen molar-refractivity contribution >= 4 is 5.95 Å². The average Bonchev–Trinajstić information content (AvgIpc) is 2.94. The highest BCUT2D eigenvalue weighted by Gasteiger charge is 2.16. The number of nitrogens with two attached hydrogens (primary N) is 1. The number of rotatable bonds is 3. The van der Waals surface area contributed by atoms with Crippen molar-refractivity contribution < 1.29 is 9.47 Å². The molecule has 2 aromatic rings. The maximum atomic E-state index is 5.81. The Kier molecular flexibility index (Phi) is 3.29. The summed E-state index contributed by atoms with van der Waals surface area (Å²) < 4.78 is 11.1. The van der Waals surface area contributed by atoms with Gasteiger partial charge < -0.3 is 15.2 Å². The van der Waals surface area contributed by atoms with Gasteiger partial charge in [-0.05, 0) is 17.7 Å². The molecule has 1 atom stereocenters. The molecule has 5 heteroatoms. The molecule has 1 fully saturated rings. The minimum absolute atomic E-state index is 0.172. The number of anilines is 1. The van der Waals surface area contributed by atoms with Crippen molar-refractivity contribution in [2.45, 2.75) is 12.5 Å². The van der Waals surface area contributed by atoms with Crippen molar-refractivity contribution in [3.63, 3.8) is 0 Å². The summed E-state index contributed by atoms with van der Waals surface area (Å²) in [6, 6.07) is 7.87. The highest BCUT2D eigenvalue weighted by molar-refractivity contribution is 5.62. The Morgan fingerprint density at radius 2 is 1.84 bits per heavy atom. The first kappa shape index (κ1) is 11.9. The first-order valence-electron chi connectivity index (χ1n) is 6.23. The van der Waals surface area contributed by atoms with Crippen LogP contribution in [-0.4, -0.2) is 29.3 Å². The maximum absolute atomic E-state index is 5.81. The summed E-state index contributed by atoms with van der Waals surface area (Å²) in [5, 5.41) is 0. The smallest absolute Gasteiger partial charge is 0.219 e. The Morgan fingerprint density at radius 1 is 1.11 bits per heavy atom. The third kappa shape index (κ3) is 2.82. The van der Waals surface area contributed by atoms with Gasteiger partial charge in [0.1, 0.15) is 11.9 Å². The summed E-state index contributed by atoms with van der Waals surface area (Å²) in [5.41, 5.74) is 7.44. The van der Waals surface area contributed by atoms with Crippen LogP contribution in [0.2, 0.25) is 0 Å². The number of ether oxygens (including phenoxy) is 2. The van der Waals surface area contributed by atoms with Crippen LogP contribution in [0.3, 0.4) is 0 Å². The SMILES string of the molecule is Nc1ncc(-c2ccc(O[C@H]3CCOC3)cc2)cn1. The van der Waals surface area contributed by atoms with Crippen molar-refractivity contribution in [2.24, 2.45) is 0 Å². The van der Waals surface area contributed by atoms with Crippen LogP contribution in [0.1, 0.15) is 6.42 Å². The lowest BCUT2D eigenvalue weighted by molar-refractivity contribution is 0.141. The van der Waals surface area contributed by atoms with E-state index in [0.29, 0.717) is 6.61 Å². The summed E-state index contributed by atoms with van der Waals surface area (Å²) in [5.74, 6) is 1.14. The Morgan fingerprint density at radius 3 is 2.47 bits per heavy atom. The average molecular weight is 257 g/mol. The van der Waals surface area contributed by atoms with Gasteiger partial charge in [0.15, 0.2) is 0 Å². The first-order chi connectivity index (χ1) is 9.31. The van der Waals surface area contributed by atoms with Crippen LogP contribution in [0.25, 0.3) is 11.1 Å². The summed E-state index contributed by atoms with van der Waals surface area (Å²) in [7, 11) is 0. The minimum Gasteiger partial charge on any atom is -0.488 e. The fourth-order valence-electron chi connectivity index (χ4n) is 2.01. The lowest BCUT2D eigenvalue weighted by Crippen LogP contribution is -2.15. The van der Waals surface area contributed by atoms with E-state index in [9.17, 15) is 0 Å². The van der Waals surface area contributed by atoms with Crippen molar-refractivity contribution in [2.75, 3.05) is 18.9 Å². The molecule has 1 aliphatic rings. The van der Waals surface area contributed by atoms with Crippen molar-refractivity contribution in [3.8, 4) is 16.9 Å². The molecule has 1 saturated heterocycles. The predicted molar refractivity (Wildman–Crippen MR) is 71.7 cm³/mol. The van der Waals surface area contributed by atoms with E-state index in [-0.39, 0.29) is 12.1 Å². The summed E-state index contributed by atoms with van der Waals surface area (Å²) in [4.78, 5) is 7.96. The van der Waals surface area contributed by atoms with Crippen molar-refractivity contribution in [1.82, 2.24) is 9.97 Å². The van der Waals surface area contributed by atoms with E-state index >= 15 is 0 Å². The second kappa shape index (κ2) is 5.24. The van der Waals surface area contributed by atoms with Gasteiger partial charge >= 0.3 is 0 Å². The summed E-state index contributed by atoms with van der Waals surface area (Å²) in [6.07, 6.45) is 4.55. The number of hydrogen-bond donors (Lipinski definition) is 1. The van der Waals surface area contributed by atoms with Crippen LogP contribution in [-0.2, 0) is 4.74 Å². The number of nitrogen functional groups attached to an aromatic ring is 1. The molecule has 19 heavy (non-hydrogen) atoms. The molecule has 0 unspecified atom stereocenters. The Labute approximate surface area is 111 Å². The molecule has 2 heterocycles. The molecule has 98 valence electrons. The van der Waals surface area contributed by atoms with Gasteiger partial charge in [0.05, 0.1) is 13.2 Å². The van der Waals surface area contributed by atoms with Crippen molar-refractivity contribution in [3.05, 3.63) is 36.7 Å². The molecule has 3 rings (SSSR count). The Hall–Kier alpha value is -2.14. The van der Waals surface area contributed by atoms with E-state index in [1.807, 2.05) is 24.3 Å². The number of aromatic nitrogens is 2. The van der Waals surface area contributed by atoms with Gasteiger partial charge in [-0.2, -0.15) is 0 Å². The quantitative estimate of drug-likeness (QED) is 0.909. The van der Waals surface area contributed by atoms with Gasteiger partial charge in [-0.1, -0.05) is 12.1 Å². The zero-order valence-corrected chi connectivity index (χ0v) is 10.5. The predicted octanol–water partition coefficient (Wildman–Crippen LogP) is 1.89. The normalized spacial score (nSPS) is 18.4. The van der Waals surface area contributed by atoms with Gasteiger partial charge in [0, 0.05) is 24.4 Å². The monoisotopic (exact) mass is 257 g/mol. The highest BCUT2D eigenvalue weighted by Crippen LogP contribution is 2.23. The standard InChI is InChI=1S/C14H15N3O2/c15-14-16-7-11(8-17-14)10-1-3-12(4-2-10)19-13-5-6-18-9-13/h1-4,7-8,13H,5-6,9H2,(H2,15,16,17)/t13-/m0/s1. The Bertz CT molecular complexity index is 534. The van der Waals surface area contributed by atoms with Gasteiger partial charge in [-0.15, -0.1) is 0 Å². The zero-order chi connectivity index (χ0) is 13.1. The fourth-order valence-corrected chi connectivity index (χ4v) is 2.01. The third-order valence-corrected chi connectivity index (χ3v) is 3.05. The molecular weight excluding hydrogens is 242 g/mol. The van der Waals surface area contributed by atoms with Crippen LogP contribution < -0.4 is 10.5 Å². The van der Waals surface area contributed by atoms with Gasteiger partial charge in [0.2, 0.25) is 5.95 Å². The van der Waals surface area contributed by atoms with Crippen molar-refractivity contribution in [1.29, 1.82) is 0 Å². The molecule has 5 nitrogen and oxygen atoms in total. The van der Waals surface area contributed by atoms with Gasteiger partial charge in [-0.3, -0.25) is 0 Å². The Balaban J connectivity index is 1.72. The van der Waals surface area contributed by atoms with Crippen LogP contribution in [0, 0.1) is 0 Å². The molecule has 0 bridgehead atoms. The molecule has 0 radical (unpaired) electrons. The highest BCUT2D eigenvalue weighted by atomic mass is 16.5. The van der Waals surface area contributed by atoms with Gasteiger partial charge in [-0.25, -0.2) is 9.97 Å². The lowest BCUT2D eigenvalue weighted by Gasteiger charge is -2.12. The van der Waals surface area contributed by atoms with Crippen LogP contribution in [0.5, 0.6) is 5.75 Å². The minimum atomic E-state index is 0.172. The lowest BCUT2D eigenvalue weighted by atomic mass is 10.1. The third-order valence-electron chi connectivity index (χ3n) is 3.05. The van der Waals surface area contributed by atoms with Crippen LogP contribution >= 0.6 is 0 Å². The zero-order valence-electron chi connectivity index (χ0n) is 10.5. The molecule has 0 aliphatic carbocycles. The molecule has 0 amide bonds. The van der Waals surface area contributed by atoms with Gasteiger partial charge in [0.25, 0.3) is 0 Å². The molecule has 2 N–H and O–H groups in total. The first-order valence-corrected chi connectivity index (χ1v) is 6.23. The fraction of sp³-hybridized carbons (Fsp3) is 0.286. The number of nitrogens with zero attached hydrogens (tertiary/aromatic N) is 2. The van der Waals surface area contributed by atoms with E-state index in [4.69, 9.17) is 15.2 Å². The molecular formula is C14H15N3O2. The molecule has 1 aromatic heterocycles. The van der Waals surface area contributed by atoms with E-state index in [1.165, 1.54) is 0 Å². The molecule has 1 aliphatic heterocycles. The second-order valence-electron chi connectivity index (χ2n) is 4.46. The second-order valence-corrected chi connectivity index (χ2v) is 4.46. The van der Waals surface area contributed by atoms with E-state index in [2.05, 4.69) is 9.97 Å². The topological polar surface area (TPSA) is 70.3 Å². The largest absolute Gasteiger partial charge is 0.488 e. The summed E-state index contributed by atoms with van der Waals surface area (Å²) >= 11 is 0. The van der Waals surface area contributed by atoms with Crippen LogP contribution in [0.15, 0.2) is 36.7 Å². The number of benzene rings is 1. The number of hydrogen-bond acceptors (Lipinski definition) is 5. The molecule has 1 aromatic carbocycles.